The first-order valence-corrected chi connectivity index (χ1v) is 11.6. The van der Waals surface area contributed by atoms with Gasteiger partial charge in [-0.1, -0.05) is 13.3 Å². The molecule has 1 aliphatic rings. The fourth-order valence-electron chi connectivity index (χ4n) is 3.98. The van der Waals surface area contributed by atoms with E-state index in [1.54, 1.807) is 18.2 Å². The minimum absolute atomic E-state index is 0.0401. The van der Waals surface area contributed by atoms with Gasteiger partial charge >= 0.3 is 0 Å². The number of unbranched alkanes of at least 4 members (excludes halogenated alkanes) is 1. The largest absolute Gasteiger partial charge is 0.507 e. The summed E-state index contributed by atoms with van der Waals surface area (Å²) in [6.45, 7) is 5.26. The van der Waals surface area contributed by atoms with Crippen molar-refractivity contribution in [1.29, 1.82) is 0 Å². The highest BCUT2D eigenvalue weighted by Crippen LogP contribution is 2.40. The number of aliphatic hydroxyl groups excluding tert-OH is 1. The maximum absolute atomic E-state index is 13.1. The van der Waals surface area contributed by atoms with Crippen molar-refractivity contribution in [2.24, 2.45) is 0 Å². The maximum Gasteiger partial charge on any atom is 0.295 e. The molecule has 0 aliphatic carbocycles. The van der Waals surface area contributed by atoms with E-state index in [-0.39, 0.29) is 23.6 Å². The van der Waals surface area contributed by atoms with Crippen LogP contribution in [0.5, 0.6) is 5.75 Å². The maximum atomic E-state index is 13.1. The third kappa shape index (κ3) is 5.68. The van der Waals surface area contributed by atoms with E-state index in [2.05, 4.69) is 6.92 Å². The fraction of sp³-hybridized carbons (Fsp3) is 0.385. The average molecular weight is 482 g/mol. The number of hydrogen-bond acceptors (Lipinski definition) is 7. The SMILES string of the molecule is CCCCOc1ccc(/C(O)=C2\C(=O)C(=O)N(CCN(C)C)[C@H]2c2ccc([N+](=O)[O-])cc2)cc1C. The first-order valence-electron chi connectivity index (χ1n) is 11.6. The third-order valence-corrected chi connectivity index (χ3v) is 5.95. The summed E-state index contributed by atoms with van der Waals surface area (Å²) in [5.41, 5.74) is 1.54. The minimum Gasteiger partial charge on any atom is -0.507 e. The molecule has 0 spiro atoms. The van der Waals surface area contributed by atoms with Crippen LogP contribution in [-0.4, -0.2) is 65.3 Å². The van der Waals surface area contributed by atoms with Gasteiger partial charge < -0.3 is 19.6 Å². The predicted octanol–water partition coefficient (Wildman–Crippen LogP) is 4.07. The molecule has 9 nitrogen and oxygen atoms in total. The molecule has 3 rings (SSSR count). The van der Waals surface area contributed by atoms with Crippen molar-refractivity contribution in [2.75, 3.05) is 33.8 Å². The van der Waals surface area contributed by atoms with E-state index in [0.29, 0.717) is 30.0 Å². The van der Waals surface area contributed by atoms with Crippen molar-refractivity contribution in [3.8, 4) is 5.75 Å². The Morgan fingerprint density at radius 3 is 2.43 bits per heavy atom. The summed E-state index contributed by atoms with van der Waals surface area (Å²) < 4.78 is 5.78. The number of Topliss-reactive ketones (excluding diaryl/α,β-unsaturated/α-hetero) is 1. The normalized spacial score (nSPS) is 17.3. The van der Waals surface area contributed by atoms with Gasteiger partial charge in [0.1, 0.15) is 11.5 Å². The molecule has 1 aliphatic heterocycles. The molecule has 1 saturated heterocycles. The first kappa shape index (κ1) is 25.9. The van der Waals surface area contributed by atoms with E-state index in [9.17, 15) is 24.8 Å². The molecule has 2 aromatic rings. The summed E-state index contributed by atoms with van der Waals surface area (Å²) in [7, 11) is 3.70. The smallest absolute Gasteiger partial charge is 0.295 e. The van der Waals surface area contributed by atoms with Gasteiger partial charge in [0.2, 0.25) is 0 Å². The number of likely N-dealkylation sites (tertiary alicyclic amines) is 1. The van der Waals surface area contributed by atoms with E-state index < -0.39 is 22.7 Å². The number of ketones is 1. The quantitative estimate of drug-likeness (QED) is 0.136. The molecule has 0 radical (unpaired) electrons. The van der Waals surface area contributed by atoms with Crippen LogP contribution in [0, 0.1) is 17.0 Å². The van der Waals surface area contributed by atoms with Crippen LogP contribution in [0.4, 0.5) is 5.69 Å². The van der Waals surface area contributed by atoms with Gasteiger partial charge in [0, 0.05) is 30.8 Å². The van der Waals surface area contributed by atoms with Gasteiger partial charge in [-0.25, -0.2) is 0 Å². The Morgan fingerprint density at radius 2 is 1.86 bits per heavy atom. The zero-order valence-electron chi connectivity index (χ0n) is 20.5. The second kappa shape index (κ2) is 11.1. The Morgan fingerprint density at radius 1 is 1.17 bits per heavy atom. The number of hydrogen-bond donors (Lipinski definition) is 1. The van der Waals surface area contributed by atoms with Crippen molar-refractivity contribution < 1.29 is 24.4 Å². The number of amides is 1. The summed E-state index contributed by atoms with van der Waals surface area (Å²) in [4.78, 5) is 40.0. The molecule has 1 amide bonds. The number of nitro groups is 1. The van der Waals surface area contributed by atoms with Gasteiger partial charge in [-0.15, -0.1) is 0 Å². The van der Waals surface area contributed by atoms with E-state index in [1.165, 1.54) is 29.2 Å². The summed E-state index contributed by atoms with van der Waals surface area (Å²) in [5.74, 6) is -1.10. The molecule has 1 N–H and O–H groups in total. The lowest BCUT2D eigenvalue weighted by molar-refractivity contribution is -0.384. The van der Waals surface area contributed by atoms with Gasteiger partial charge in [-0.2, -0.15) is 0 Å². The Labute approximate surface area is 204 Å². The van der Waals surface area contributed by atoms with Crippen molar-refractivity contribution in [1.82, 2.24) is 9.80 Å². The lowest BCUT2D eigenvalue weighted by atomic mass is 9.94. The van der Waals surface area contributed by atoms with Crippen LogP contribution in [0.2, 0.25) is 0 Å². The number of carbonyl (C=O) groups excluding carboxylic acids is 2. The highest BCUT2D eigenvalue weighted by molar-refractivity contribution is 6.46. The number of aryl methyl sites for hydroxylation is 1. The molecule has 0 aromatic heterocycles. The van der Waals surface area contributed by atoms with Gasteiger partial charge in [-0.3, -0.25) is 19.7 Å². The number of rotatable bonds is 10. The number of nitrogens with zero attached hydrogens (tertiary/aromatic N) is 3. The van der Waals surface area contributed by atoms with E-state index >= 15 is 0 Å². The highest BCUT2D eigenvalue weighted by Gasteiger charge is 2.46. The lowest BCUT2D eigenvalue weighted by Crippen LogP contribution is -2.35. The van der Waals surface area contributed by atoms with Crippen LogP contribution in [-0.2, 0) is 9.59 Å². The molecule has 35 heavy (non-hydrogen) atoms. The summed E-state index contributed by atoms with van der Waals surface area (Å²) in [6.07, 6.45) is 1.93. The highest BCUT2D eigenvalue weighted by atomic mass is 16.6. The number of carbonyl (C=O) groups is 2. The zero-order chi connectivity index (χ0) is 25.7. The number of aliphatic hydroxyl groups is 1. The van der Waals surface area contributed by atoms with Crippen LogP contribution in [0.15, 0.2) is 48.0 Å². The van der Waals surface area contributed by atoms with Crippen LogP contribution >= 0.6 is 0 Å². The Balaban J connectivity index is 2.06. The van der Waals surface area contributed by atoms with Crippen LogP contribution in [0.1, 0.15) is 42.5 Å². The summed E-state index contributed by atoms with van der Waals surface area (Å²) in [5, 5.41) is 22.3. The molecule has 1 heterocycles. The van der Waals surface area contributed by atoms with Crippen LogP contribution in [0.3, 0.4) is 0 Å². The number of ether oxygens (including phenoxy) is 1. The standard InChI is InChI=1S/C26H31N3O6/c1-5-6-15-35-21-12-9-19(16-17(21)2)24(30)22-23(18-7-10-20(11-8-18)29(33)34)28(14-13-27(3)4)26(32)25(22)31/h7-12,16,23,30H,5-6,13-15H2,1-4H3/b24-22+/t23-/m0/s1. The molecular weight excluding hydrogens is 450 g/mol. The van der Waals surface area contributed by atoms with Crippen molar-refractivity contribution >= 4 is 23.1 Å². The van der Waals surface area contributed by atoms with Gasteiger partial charge in [-0.05, 0) is 68.9 Å². The third-order valence-electron chi connectivity index (χ3n) is 5.95. The van der Waals surface area contributed by atoms with Crippen molar-refractivity contribution in [2.45, 2.75) is 32.7 Å². The van der Waals surface area contributed by atoms with E-state index in [0.717, 1.165) is 18.4 Å². The monoisotopic (exact) mass is 481 g/mol. The molecule has 186 valence electrons. The Hall–Kier alpha value is -3.72. The number of benzene rings is 2. The minimum atomic E-state index is -0.864. The van der Waals surface area contributed by atoms with Gasteiger partial charge in [0.25, 0.3) is 17.4 Å². The molecule has 0 saturated carbocycles. The predicted molar refractivity (Wildman–Crippen MR) is 132 cm³/mol. The Bertz CT molecular complexity index is 1140. The van der Waals surface area contributed by atoms with Crippen LogP contribution < -0.4 is 4.74 Å². The van der Waals surface area contributed by atoms with Crippen molar-refractivity contribution in [3.05, 3.63) is 74.8 Å². The van der Waals surface area contributed by atoms with Gasteiger partial charge in [0.15, 0.2) is 0 Å². The summed E-state index contributed by atoms with van der Waals surface area (Å²) >= 11 is 0. The molecule has 0 unspecified atom stereocenters. The number of nitro benzene ring substituents is 1. The summed E-state index contributed by atoms with van der Waals surface area (Å²) in [6, 6.07) is 9.93. The average Bonchev–Trinajstić information content (AvgIpc) is 3.08. The van der Waals surface area contributed by atoms with Gasteiger partial charge in [0.05, 0.1) is 23.1 Å². The van der Waals surface area contributed by atoms with Crippen LogP contribution in [0.25, 0.3) is 5.76 Å². The Kier molecular flexibility index (Phi) is 8.24. The molecule has 1 fully saturated rings. The fourth-order valence-corrected chi connectivity index (χ4v) is 3.98. The molecule has 2 aromatic carbocycles. The van der Waals surface area contributed by atoms with E-state index in [1.807, 2.05) is 25.9 Å². The topological polar surface area (TPSA) is 113 Å². The first-order chi connectivity index (χ1) is 16.6. The van der Waals surface area contributed by atoms with Crippen molar-refractivity contribution in [3.63, 3.8) is 0 Å². The zero-order valence-corrected chi connectivity index (χ0v) is 20.5. The second-order valence-corrected chi connectivity index (χ2v) is 8.83. The molecule has 9 heteroatoms. The molecular formula is C26H31N3O6. The number of likely N-dealkylation sites (N-methyl/N-ethyl adjacent to an activating group) is 1. The second-order valence-electron chi connectivity index (χ2n) is 8.83. The molecule has 0 bridgehead atoms. The number of non-ortho nitro benzene ring substituents is 1. The van der Waals surface area contributed by atoms with E-state index in [4.69, 9.17) is 4.74 Å². The molecule has 1 atom stereocenters. The lowest BCUT2D eigenvalue weighted by Gasteiger charge is -2.26.